The highest BCUT2D eigenvalue weighted by Crippen LogP contribution is 2.21. The molecule has 1 aromatic rings. The van der Waals surface area contributed by atoms with Crippen LogP contribution in [0.2, 0.25) is 0 Å². The number of amides is 2. The number of rotatable bonds is 4. The van der Waals surface area contributed by atoms with Gasteiger partial charge < -0.3 is 10.2 Å². The Labute approximate surface area is 125 Å². The lowest BCUT2D eigenvalue weighted by molar-refractivity contribution is -0.135. The molecule has 0 spiro atoms. The number of benzene rings is 1. The van der Waals surface area contributed by atoms with Crippen molar-refractivity contribution < 1.29 is 9.59 Å². The number of carbonyl (C=O) groups excluding carboxylic acids is 2. The molecular weight excluding hydrogens is 264 g/mol. The minimum atomic E-state index is -0.571. The largest absolute Gasteiger partial charge is 0.345 e. The van der Waals surface area contributed by atoms with Crippen LogP contribution in [0.1, 0.15) is 19.4 Å². The summed E-state index contributed by atoms with van der Waals surface area (Å²) in [6.45, 7) is 7.80. The van der Waals surface area contributed by atoms with Gasteiger partial charge in [-0.05, 0) is 25.5 Å². The van der Waals surface area contributed by atoms with Gasteiger partial charge in [-0.15, -0.1) is 0 Å². The standard InChI is InChI=1S/C17H20N2O2/c1-4-15(20)19-12-8-11-14(19)16(21)18-17(2,3)13-9-6-5-7-10-13/h4-11,14H,1,12H2,2-3H3,(H,18,21)/t14-/m0/s1. The quantitative estimate of drug-likeness (QED) is 0.679. The molecule has 0 aromatic heterocycles. The fraction of sp³-hybridized carbons (Fsp3) is 0.294. The molecule has 0 bridgehead atoms. The second kappa shape index (κ2) is 5.95. The van der Waals surface area contributed by atoms with Gasteiger partial charge >= 0.3 is 0 Å². The van der Waals surface area contributed by atoms with Crippen molar-refractivity contribution in [3.05, 3.63) is 60.7 Å². The third-order valence-corrected chi connectivity index (χ3v) is 3.61. The smallest absolute Gasteiger partial charge is 0.247 e. The molecule has 110 valence electrons. The van der Waals surface area contributed by atoms with Gasteiger partial charge in [-0.2, -0.15) is 0 Å². The Balaban J connectivity index is 2.12. The average Bonchev–Trinajstić information content (AvgIpc) is 2.96. The molecule has 0 fully saturated rings. The van der Waals surface area contributed by atoms with E-state index in [0.717, 1.165) is 5.56 Å². The summed E-state index contributed by atoms with van der Waals surface area (Å²) in [5, 5.41) is 3.01. The highest BCUT2D eigenvalue weighted by atomic mass is 16.2. The van der Waals surface area contributed by atoms with Crippen LogP contribution in [0.4, 0.5) is 0 Å². The van der Waals surface area contributed by atoms with Crippen LogP contribution >= 0.6 is 0 Å². The molecule has 1 aromatic carbocycles. The lowest BCUT2D eigenvalue weighted by Gasteiger charge is -2.30. The molecule has 0 saturated heterocycles. The minimum absolute atomic E-state index is 0.187. The molecule has 0 aliphatic carbocycles. The Morgan fingerprint density at radius 2 is 2.00 bits per heavy atom. The van der Waals surface area contributed by atoms with E-state index in [9.17, 15) is 9.59 Å². The summed E-state index contributed by atoms with van der Waals surface area (Å²) < 4.78 is 0. The predicted octanol–water partition coefficient (Wildman–Crippen LogP) is 1.99. The van der Waals surface area contributed by atoms with Crippen molar-refractivity contribution in [2.24, 2.45) is 0 Å². The first-order chi connectivity index (χ1) is 9.95. The molecule has 0 radical (unpaired) electrons. The van der Waals surface area contributed by atoms with Gasteiger partial charge in [0.15, 0.2) is 0 Å². The summed E-state index contributed by atoms with van der Waals surface area (Å²) in [4.78, 5) is 25.7. The highest BCUT2D eigenvalue weighted by molar-refractivity contribution is 5.94. The topological polar surface area (TPSA) is 49.4 Å². The van der Waals surface area contributed by atoms with Crippen molar-refractivity contribution in [1.82, 2.24) is 10.2 Å². The molecule has 1 atom stereocenters. The Hall–Kier alpha value is -2.36. The first kappa shape index (κ1) is 15.0. The van der Waals surface area contributed by atoms with Gasteiger partial charge in [0.05, 0.1) is 5.54 Å². The molecule has 1 heterocycles. The van der Waals surface area contributed by atoms with Crippen molar-refractivity contribution in [1.29, 1.82) is 0 Å². The fourth-order valence-corrected chi connectivity index (χ4v) is 2.40. The monoisotopic (exact) mass is 284 g/mol. The molecule has 1 N–H and O–H groups in total. The molecule has 0 saturated carbocycles. The molecule has 1 aliphatic rings. The van der Waals surface area contributed by atoms with Crippen LogP contribution in [-0.4, -0.2) is 29.3 Å². The summed E-state index contributed by atoms with van der Waals surface area (Å²) in [6, 6.07) is 9.18. The van der Waals surface area contributed by atoms with Gasteiger partial charge in [0.2, 0.25) is 11.8 Å². The number of hydrogen-bond acceptors (Lipinski definition) is 2. The lowest BCUT2D eigenvalue weighted by Crippen LogP contribution is -2.51. The number of hydrogen-bond donors (Lipinski definition) is 1. The Kier molecular flexibility index (Phi) is 4.26. The Morgan fingerprint density at radius 3 is 2.62 bits per heavy atom. The molecule has 1 aliphatic heterocycles. The number of nitrogens with one attached hydrogen (secondary N) is 1. The maximum atomic E-state index is 12.5. The summed E-state index contributed by atoms with van der Waals surface area (Å²) in [7, 11) is 0. The van der Waals surface area contributed by atoms with Crippen LogP contribution in [0.15, 0.2) is 55.1 Å². The maximum absolute atomic E-state index is 12.5. The van der Waals surface area contributed by atoms with E-state index in [4.69, 9.17) is 0 Å². The summed E-state index contributed by atoms with van der Waals surface area (Å²) in [5.74, 6) is -0.425. The van der Waals surface area contributed by atoms with Gasteiger partial charge in [-0.1, -0.05) is 49.1 Å². The average molecular weight is 284 g/mol. The van der Waals surface area contributed by atoms with Crippen LogP contribution in [0.25, 0.3) is 0 Å². The van der Waals surface area contributed by atoms with Crippen molar-refractivity contribution in [2.45, 2.75) is 25.4 Å². The van der Waals surface area contributed by atoms with Crippen LogP contribution in [-0.2, 0) is 15.1 Å². The molecule has 21 heavy (non-hydrogen) atoms. The van der Waals surface area contributed by atoms with E-state index in [1.165, 1.54) is 11.0 Å². The van der Waals surface area contributed by atoms with E-state index in [-0.39, 0.29) is 11.8 Å². The van der Waals surface area contributed by atoms with Crippen LogP contribution in [0, 0.1) is 0 Å². The van der Waals surface area contributed by atoms with Crippen molar-refractivity contribution in [3.63, 3.8) is 0 Å². The van der Waals surface area contributed by atoms with E-state index in [1.54, 1.807) is 6.08 Å². The second-order valence-electron chi connectivity index (χ2n) is 5.55. The first-order valence-electron chi connectivity index (χ1n) is 6.93. The van der Waals surface area contributed by atoms with E-state index in [0.29, 0.717) is 6.54 Å². The van der Waals surface area contributed by atoms with Gasteiger partial charge in [-0.25, -0.2) is 0 Å². The van der Waals surface area contributed by atoms with Crippen molar-refractivity contribution in [2.75, 3.05) is 6.54 Å². The molecule has 2 rings (SSSR count). The zero-order valence-electron chi connectivity index (χ0n) is 12.4. The third kappa shape index (κ3) is 3.21. The van der Waals surface area contributed by atoms with Gasteiger partial charge in [-0.3, -0.25) is 9.59 Å². The summed E-state index contributed by atoms with van der Waals surface area (Å²) >= 11 is 0. The molecular formula is C17H20N2O2. The minimum Gasteiger partial charge on any atom is -0.345 e. The number of carbonyl (C=O) groups is 2. The van der Waals surface area contributed by atoms with Gasteiger partial charge in [0.1, 0.15) is 6.04 Å². The first-order valence-corrected chi connectivity index (χ1v) is 6.93. The lowest BCUT2D eigenvalue weighted by atomic mass is 9.94. The SMILES string of the molecule is C=CC(=O)N1CC=C[C@H]1C(=O)NC(C)(C)c1ccccc1. The van der Waals surface area contributed by atoms with Gasteiger partial charge in [0, 0.05) is 6.54 Å². The van der Waals surface area contributed by atoms with E-state index in [1.807, 2.05) is 50.3 Å². The zero-order valence-corrected chi connectivity index (χ0v) is 12.4. The predicted molar refractivity (Wildman–Crippen MR) is 82.4 cm³/mol. The molecule has 0 unspecified atom stereocenters. The van der Waals surface area contributed by atoms with E-state index < -0.39 is 11.6 Å². The van der Waals surface area contributed by atoms with E-state index in [2.05, 4.69) is 11.9 Å². The highest BCUT2D eigenvalue weighted by Gasteiger charge is 2.32. The van der Waals surface area contributed by atoms with Crippen LogP contribution in [0.5, 0.6) is 0 Å². The van der Waals surface area contributed by atoms with Crippen LogP contribution in [0.3, 0.4) is 0 Å². The normalized spacial score (nSPS) is 17.6. The summed E-state index contributed by atoms with van der Waals surface area (Å²) in [6.07, 6.45) is 4.80. The molecule has 4 nitrogen and oxygen atoms in total. The maximum Gasteiger partial charge on any atom is 0.247 e. The Morgan fingerprint density at radius 1 is 1.33 bits per heavy atom. The Bertz CT molecular complexity index is 576. The van der Waals surface area contributed by atoms with Crippen LogP contribution < -0.4 is 5.32 Å². The van der Waals surface area contributed by atoms with Crippen molar-refractivity contribution >= 4 is 11.8 Å². The van der Waals surface area contributed by atoms with Gasteiger partial charge in [0.25, 0.3) is 0 Å². The molecule has 2 amide bonds. The molecule has 4 heteroatoms. The van der Waals surface area contributed by atoms with Crippen molar-refractivity contribution in [3.8, 4) is 0 Å². The fourth-order valence-electron chi connectivity index (χ4n) is 2.40. The zero-order chi connectivity index (χ0) is 15.5. The third-order valence-electron chi connectivity index (χ3n) is 3.61. The van der Waals surface area contributed by atoms with E-state index >= 15 is 0 Å². The second-order valence-corrected chi connectivity index (χ2v) is 5.55. The number of nitrogens with zero attached hydrogens (tertiary/aromatic N) is 1. The summed E-state index contributed by atoms with van der Waals surface area (Å²) in [5.41, 5.74) is 0.513.